The predicted octanol–water partition coefficient (Wildman–Crippen LogP) is 6.99. The molecule has 5 rings (SSSR count). The molecule has 1 aliphatic heterocycles. The van der Waals surface area contributed by atoms with Crippen LogP contribution in [0.25, 0.3) is 5.69 Å². The Morgan fingerprint density at radius 2 is 1.64 bits per heavy atom. The van der Waals surface area contributed by atoms with Crippen LogP contribution in [-0.2, 0) is 6.18 Å². The maximum absolute atomic E-state index is 13.4. The van der Waals surface area contributed by atoms with E-state index in [1.54, 1.807) is 12.3 Å². The average Bonchev–Trinajstić information content (AvgIpc) is 3.35. The number of halogens is 3. The van der Waals surface area contributed by atoms with Gasteiger partial charge in [0.05, 0.1) is 23.3 Å². The molecule has 8 heteroatoms. The van der Waals surface area contributed by atoms with E-state index in [2.05, 4.69) is 15.2 Å². The van der Waals surface area contributed by atoms with Crippen LogP contribution in [-0.4, -0.2) is 14.7 Å². The van der Waals surface area contributed by atoms with Gasteiger partial charge in [-0.15, -0.1) is 0 Å². The second kappa shape index (κ2) is 9.09. The molecule has 2 aromatic carbocycles. The number of aromatic nitrogens is 2. The van der Waals surface area contributed by atoms with Crippen LogP contribution in [0.5, 0.6) is 0 Å². The molecule has 0 unspecified atom stereocenters. The molecule has 0 amide bonds. The zero-order valence-electron chi connectivity index (χ0n) is 20.0. The number of thiocarbonyl (C=S) groups is 1. The van der Waals surface area contributed by atoms with Crippen molar-refractivity contribution in [1.29, 1.82) is 0 Å². The molecule has 0 bridgehead atoms. The zero-order chi connectivity index (χ0) is 25.6. The summed E-state index contributed by atoms with van der Waals surface area (Å²) in [6, 6.07) is 20.9. The second-order valence-electron chi connectivity index (χ2n) is 9.04. The van der Waals surface area contributed by atoms with Gasteiger partial charge in [-0.3, -0.25) is 4.98 Å². The predicted molar refractivity (Wildman–Crippen MR) is 139 cm³/mol. The van der Waals surface area contributed by atoms with Crippen molar-refractivity contribution in [3.8, 4) is 5.69 Å². The second-order valence-corrected chi connectivity index (χ2v) is 9.43. The van der Waals surface area contributed by atoms with E-state index in [9.17, 15) is 13.2 Å². The van der Waals surface area contributed by atoms with Crippen molar-refractivity contribution in [3.05, 3.63) is 113 Å². The monoisotopic (exact) mass is 506 g/mol. The van der Waals surface area contributed by atoms with Crippen LogP contribution >= 0.6 is 12.2 Å². The Hall–Kier alpha value is -3.65. The van der Waals surface area contributed by atoms with Gasteiger partial charge in [0.2, 0.25) is 0 Å². The minimum atomic E-state index is -4.42. The molecule has 184 valence electrons. The van der Waals surface area contributed by atoms with E-state index in [0.29, 0.717) is 10.8 Å². The van der Waals surface area contributed by atoms with Gasteiger partial charge < -0.3 is 14.8 Å². The van der Waals surface area contributed by atoms with Crippen LogP contribution in [0, 0.1) is 20.8 Å². The highest BCUT2D eigenvalue weighted by Gasteiger charge is 2.42. The summed E-state index contributed by atoms with van der Waals surface area (Å²) >= 11 is 5.80. The quantitative estimate of drug-likeness (QED) is 0.302. The Labute approximate surface area is 213 Å². The lowest BCUT2D eigenvalue weighted by Crippen LogP contribution is -2.29. The van der Waals surface area contributed by atoms with Gasteiger partial charge in [-0.1, -0.05) is 29.8 Å². The largest absolute Gasteiger partial charge is 0.416 e. The van der Waals surface area contributed by atoms with Crippen LogP contribution in [0.2, 0.25) is 0 Å². The summed E-state index contributed by atoms with van der Waals surface area (Å²) in [5.74, 6) is 0. The molecule has 3 heterocycles. The standard InChI is InChI=1S/C28H25F3N4S/c1-17-10-12-21(13-11-17)35-26(25(33-27(35)36)24-9-4-5-14-32-24)23-15-18(2)34(19(23)3)22-8-6-7-20(16-22)28(29,30)31/h4-16,25-26H,1-3H3,(H,33,36)/t25-,26+/m1/s1. The zero-order valence-corrected chi connectivity index (χ0v) is 20.9. The summed E-state index contributed by atoms with van der Waals surface area (Å²) in [7, 11) is 0. The number of nitrogens with one attached hydrogen (secondary N) is 1. The van der Waals surface area contributed by atoms with Crippen molar-refractivity contribution in [3.63, 3.8) is 0 Å². The van der Waals surface area contributed by atoms with E-state index >= 15 is 0 Å². The highest BCUT2D eigenvalue weighted by molar-refractivity contribution is 7.80. The van der Waals surface area contributed by atoms with Gasteiger partial charge >= 0.3 is 6.18 Å². The Morgan fingerprint density at radius 1 is 0.889 bits per heavy atom. The first-order valence-corrected chi connectivity index (χ1v) is 12.0. The average molecular weight is 507 g/mol. The fraction of sp³-hybridized carbons (Fsp3) is 0.214. The van der Waals surface area contributed by atoms with Crippen molar-refractivity contribution in [2.24, 2.45) is 0 Å². The van der Waals surface area contributed by atoms with Gasteiger partial charge in [0.1, 0.15) is 0 Å². The molecule has 0 spiro atoms. The maximum Gasteiger partial charge on any atom is 0.416 e. The van der Waals surface area contributed by atoms with Crippen LogP contribution in [0.3, 0.4) is 0 Å². The topological polar surface area (TPSA) is 33.1 Å². The molecule has 1 N–H and O–H groups in total. The number of anilines is 1. The lowest BCUT2D eigenvalue weighted by atomic mass is 9.96. The van der Waals surface area contributed by atoms with Gasteiger partial charge in [-0.05, 0) is 87.1 Å². The first-order valence-electron chi connectivity index (χ1n) is 11.6. The third kappa shape index (κ3) is 4.26. The van der Waals surface area contributed by atoms with Crippen molar-refractivity contribution >= 4 is 23.0 Å². The number of rotatable bonds is 4. The third-order valence-electron chi connectivity index (χ3n) is 6.63. The number of pyridine rings is 1. The maximum atomic E-state index is 13.4. The summed E-state index contributed by atoms with van der Waals surface area (Å²) in [5.41, 5.74) is 5.35. The Morgan fingerprint density at radius 3 is 2.31 bits per heavy atom. The van der Waals surface area contributed by atoms with E-state index in [0.717, 1.165) is 40.0 Å². The molecule has 4 nitrogen and oxygen atoms in total. The lowest BCUT2D eigenvalue weighted by molar-refractivity contribution is -0.137. The number of benzene rings is 2. The fourth-order valence-corrected chi connectivity index (χ4v) is 5.31. The summed E-state index contributed by atoms with van der Waals surface area (Å²) in [4.78, 5) is 6.66. The molecule has 0 aliphatic carbocycles. The smallest absolute Gasteiger partial charge is 0.351 e. The SMILES string of the molecule is Cc1ccc(N2C(=S)N[C@H](c3ccccn3)[C@@H]2c2cc(C)n(-c3cccc(C(F)(F)F)c3)c2C)cc1. The molecule has 2 aromatic heterocycles. The third-order valence-corrected chi connectivity index (χ3v) is 6.95. The van der Waals surface area contributed by atoms with Crippen molar-refractivity contribution in [2.45, 2.75) is 39.0 Å². The molecule has 1 aliphatic rings. The Bertz CT molecular complexity index is 1410. The van der Waals surface area contributed by atoms with Crippen molar-refractivity contribution < 1.29 is 13.2 Å². The number of hydrogen-bond donors (Lipinski definition) is 1. The molecule has 4 aromatic rings. The molecule has 0 radical (unpaired) electrons. The summed E-state index contributed by atoms with van der Waals surface area (Å²) < 4.78 is 42.2. The highest BCUT2D eigenvalue weighted by Crippen LogP contribution is 2.44. The number of alkyl halides is 3. The van der Waals surface area contributed by atoms with Gasteiger partial charge in [0, 0.05) is 29.0 Å². The first-order chi connectivity index (χ1) is 17.1. The van der Waals surface area contributed by atoms with E-state index in [1.165, 1.54) is 12.1 Å². The van der Waals surface area contributed by atoms with Gasteiger partial charge in [0.15, 0.2) is 5.11 Å². The summed E-state index contributed by atoms with van der Waals surface area (Å²) in [6.45, 7) is 5.87. The highest BCUT2D eigenvalue weighted by atomic mass is 32.1. The molecular formula is C28H25F3N4S. The number of aryl methyl sites for hydroxylation is 2. The minimum absolute atomic E-state index is 0.240. The van der Waals surface area contributed by atoms with E-state index in [1.807, 2.05) is 73.9 Å². The molecule has 2 atom stereocenters. The molecule has 36 heavy (non-hydrogen) atoms. The normalized spacial score (nSPS) is 17.9. The van der Waals surface area contributed by atoms with Gasteiger partial charge in [-0.2, -0.15) is 13.2 Å². The van der Waals surface area contributed by atoms with Gasteiger partial charge in [-0.25, -0.2) is 0 Å². The van der Waals surface area contributed by atoms with E-state index in [4.69, 9.17) is 12.2 Å². The fourth-order valence-electron chi connectivity index (χ4n) is 4.96. The van der Waals surface area contributed by atoms with Crippen molar-refractivity contribution in [1.82, 2.24) is 14.9 Å². The van der Waals surface area contributed by atoms with Crippen LogP contribution in [0.4, 0.5) is 18.9 Å². The molecular weight excluding hydrogens is 481 g/mol. The van der Waals surface area contributed by atoms with Crippen molar-refractivity contribution in [2.75, 3.05) is 4.90 Å². The van der Waals surface area contributed by atoms with E-state index in [-0.39, 0.29) is 12.1 Å². The summed E-state index contributed by atoms with van der Waals surface area (Å²) in [5, 5.41) is 4.02. The van der Waals surface area contributed by atoms with Crippen LogP contribution in [0.1, 0.15) is 45.9 Å². The van der Waals surface area contributed by atoms with E-state index < -0.39 is 11.7 Å². The Kier molecular flexibility index (Phi) is 6.08. The molecule has 0 saturated carbocycles. The lowest BCUT2D eigenvalue weighted by Gasteiger charge is -2.28. The first kappa shape index (κ1) is 24.1. The molecule has 1 fully saturated rings. The number of hydrogen-bond acceptors (Lipinski definition) is 2. The van der Waals surface area contributed by atoms with Crippen LogP contribution < -0.4 is 10.2 Å². The number of nitrogens with zero attached hydrogens (tertiary/aromatic N) is 3. The van der Waals surface area contributed by atoms with Gasteiger partial charge in [0.25, 0.3) is 0 Å². The summed E-state index contributed by atoms with van der Waals surface area (Å²) in [6.07, 6.45) is -2.67. The van der Waals surface area contributed by atoms with Crippen LogP contribution in [0.15, 0.2) is 79.0 Å². The Balaban J connectivity index is 1.67. The minimum Gasteiger partial charge on any atom is -0.351 e. The molecule has 1 saturated heterocycles.